The van der Waals surface area contributed by atoms with E-state index in [4.69, 9.17) is 5.11 Å². The Morgan fingerprint density at radius 3 is 2.77 bits per heavy atom. The van der Waals surface area contributed by atoms with E-state index in [1.165, 1.54) is 16.2 Å². The fourth-order valence-electron chi connectivity index (χ4n) is 1.55. The van der Waals surface area contributed by atoms with Crippen LogP contribution in [0.3, 0.4) is 0 Å². The fourth-order valence-corrected chi connectivity index (χ4v) is 2.73. The lowest BCUT2D eigenvalue weighted by atomic mass is 10.2. The molecule has 1 N–H and O–H groups in total. The molecule has 3 nitrogen and oxygen atoms in total. The van der Waals surface area contributed by atoms with Crippen LogP contribution in [0.2, 0.25) is 0 Å². The van der Waals surface area contributed by atoms with Crippen molar-refractivity contribution in [1.82, 2.24) is 0 Å². The third-order valence-corrected chi connectivity index (χ3v) is 3.40. The number of rotatable bonds is 2. The van der Waals surface area contributed by atoms with Crippen molar-refractivity contribution in [1.29, 1.82) is 0 Å². The number of hydrogen-bond acceptors (Lipinski definition) is 3. The van der Waals surface area contributed by atoms with E-state index in [2.05, 4.69) is 0 Å². The minimum absolute atomic E-state index is 0.372. The van der Waals surface area contributed by atoms with Crippen LogP contribution in [0.4, 0.5) is 0 Å². The Hall–Kier alpha value is -1.16. The maximum Gasteiger partial charge on any atom is 0.378 e. The molecule has 1 aromatic heterocycles. The van der Waals surface area contributed by atoms with Gasteiger partial charge in [0, 0.05) is 4.88 Å². The molecular weight excluding hydrogens is 188 g/mol. The first-order valence-corrected chi connectivity index (χ1v) is 4.89. The van der Waals surface area contributed by atoms with Crippen molar-refractivity contribution in [3.63, 3.8) is 0 Å². The molecule has 4 heteroatoms. The van der Waals surface area contributed by atoms with Gasteiger partial charge in [-0.3, -0.25) is 4.79 Å². The number of aryl methyl sites for hydroxylation is 2. The largest absolute Gasteiger partial charge is 0.475 e. The van der Waals surface area contributed by atoms with E-state index in [0.29, 0.717) is 4.88 Å². The fraction of sp³-hybridized carbons (Fsp3) is 0.333. The molecule has 0 aromatic carbocycles. The number of hydrogen-bond donors (Lipinski definition) is 1. The zero-order valence-corrected chi connectivity index (χ0v) is 7.69. The second kappa shape index (κ2) is 2.96. The molecule has 0 radical (unpaired) electrons. The summed E-state index contributed by atoms with van der Waals surface area (Å²) < 4.78 is 0. The molecule has 1 heterocycles. The van der Waals surface area contributed by atoms with Gasteiger partial charge in [0.2, 0.25) is 0 Å². The number of carbonyl (C=O) groups is 2. The minimum Gasteiger partial charge on any atom is -0.475 e. The highest BCUT2D eigenvalue weighted by Crippen LogP contribution is 2.30. The Balaban J connectivity index is 2.33. The summed E-state index contributed by atoms with van der Waals surface area (Å²) in [4.78, 5) is 23.0. The predicted molar refractivity (Wildman–Crippen MR) is 48.3 cm³/mol. The smallest absolute Gasteiger partial charge is 0.378 e. The SMILES string of the molecule is O=C(O)C(=O)c1cc2c(s1)CCC2. The van der Waals surface area contributed by atoms with Gasteiger partial charge in [-0.15, -0.1) is 11.3 Å². The van der Waals surface area contributed by atoms with Crippen LogP contribution in [0.25, 0.3) is 0 Å². The second-order valence-corrected chi connectivity index (χ2v) is 4.18. The van der Waals surface area contributed by atoms with Gasteiger partial charge in [-0.25, -0.2) is 4.79 Å². The quantitative estimate of drug-likeness (QED) is 0.576. The first-order valence-electron chi connectivity index (χ1n) is 4.07. The summed E-state index contributed by atoms with van der Waals surface area (Å²) in [6.45, 7) is 0. The van der Waals surface area contributed by atoms with Gasteiger partial charge in [0.15, 0.2) is 0 Å². The van der Waals surface area contributed by atoms with Crippen LogP contribution in [0.1, 0.15) is 26.5 Å². The first-order chi connectivity index (χ1) is 6.18. The van der Waals surface area contributed by atoms with Gasteiger partial charge in [0.25, 0.3) is 5.78 Å². The van der Waals surface area contributed by atoms with Crippen LogP contribution in [0, 0.1) is 0 Å². The third kappa shape index (κ3) is 1.37. The number of aliphatic carboxylic acids is 1. The Morgan fingerprint density at radius 1 is 1.38 bits per heavy atom. The summed E-state index contributed by atoms with van der Waals surface area (Å²) in [6.07, 6.45) is 3.11. The van der Waals surface area contributed by atoms with Gasteiger partial charge in [-0.1, -0.05) is 0 Å². The molecule has 0 aliphatic heterocycles. The van der Waals surface area contributed by atoms with Crippen molar-refractivity contribution in [2.24, 2.45) is 0 Å². The summed E-state index contributed by atoms with van der Waals surface area (Å²) in [5.74, 6) is -2.14. The van der Waals surface area contributed by atoms with Crippen molar-refractivity contribution in [2.45, 2.75) is 19.3 Å². The lowest BCUT2D eigenvalue weighted by Crippen LogP contribution is -2.10. The van der Waals surface area contributed by atoms with E-state index in [1.807, 2.05) is 0 Å². The summed E-state index contributed by atoms with van der Waals surface area (Å²) in [5, 5.41) is 8.48. The molecule has 0 spiro atoms. The summed E-state index contributed by atoms with van der Waals surface area (Å²) in [7, 11) is 0. The Morgan fingerprint density at radius 2 is 2.15 bits per heavy atom. The third-order valence-electron chi connectivity index (χ3n) is 2.16. The van der Waals surface area contributed by atoms with E-state index >= 15 is 0 Å². The molecule has 13 heavy (non-hydrogen) atoms. The topological polar surface area (TPSA) is 54.4 Å². The van der Waals surface area contributed by atoms with Crippen LogP contribution in [0.15, 0.2) is 6.07 Å². The van der Waals surface area contributed by atoms with Crippen molar-refractivity contribution in [3.8, 4) is 0 Å². The lowest BCUT2D eigenvalue weighted by molar-refractivity contribution is -0.131. The normalized spacial score (nSPS) is 14.2. The maximum absolute atomic E-state index is 11.1. The molecule has 0 saturated heterocycles. The molecule has 0 unspecified atom stereocenters. The van der Waals surface area contributed by atoms with E-state index in [9.17, 15) is 9.59 Å². The van der Waals surface area contributed by atoms with Crippen LogP contribution in [-0.4, -0.2) is 16.9 Å². The average Bonchev–Trinajstić information content (AvgIpc) is 2.59. The van der Waals surface area contributed by atoms with Gasteiger partial charge in [-0.2, -0.15) is 0 Å². The Bertz CT molecular complexity index is 357. The monoisotopic (exact) mass is 196 g/mol. The summed E-state index contributed by atoms with van der Waals surface area (Å²) in [6, 6.07) is 1.73. The molecule has 0 amide bonds. The molecule has 1 aromatic rings. The number of carboxylic acid groups (broad SMARTS) is 1. The van der Waals surface area contributed by atoms with E-state index in [-0.39, 0.29) is 0 Å². The Kier molecular flexibility index (Phi) is 1.92. The number of ketones is 1. The van der Waals surface area contributed by atoms with Crippen LogP contribution >= 0.6 is 11.3 Å². The molecular formula is C9H8O3S. The van der Waals surface area contributed by atoms with Crippen molar-refractivity contribution in [3.05, 3.63) is 21.4 Å². The number of thiophene rings is 1. The zero-order chi connectivity index (χ0) is 9.42. The van der Waals surface area contributed by atoms with E-state index < -0.39 is 11.8 Å². The number of Topliss-reactive ketones (excluding diaryl/α,β-unsaturated/α-hetero) is 1. The maximum atomic E-state index is 11.1. The zero-order valence-electron chi connectivity index (χ0n) is 6.87. The predicted octanol–water partition coefficient (Wildman–Crippen LogP) is 1.50. The van der Waals surface area contributed by atoms with E-state index in [0.717, 1.165) is 24.8 Å². The van der Waals surface area contributed by atoms with Gasteiger partial charge in [-0.05, 0) is 30.9 Å². The van der Waals surface area contributed by atoms with Crippen LogP contribution < -0.4 is 0 Å². The highest BCUT2D eigenvalue weighted by molar-refractivity contribution is 7.15. The number of carbonyl (C=O) groups excluding carboxylic acids is 1. The number of fused-ring (bicyclic) bond motifs is 1. The van der Waals surface area contributed by atoms with Crippen molar-refractivity contribution < 1.29 is 14.7 Å². The summed E-state index contributed by atoms with van der Waals surface area (Å²) in [5.41, 5.74) is 1.16. The number of carboxylic acids is 1. The summed E-state index contributed by atoms with van der Waals surface area (Å²) >= 11 is 1.33. The lowest BCUT2D eigenvalue weighted by Gasteiger charge is -1.88. The molecule has 2 rings (SSSR count). The van der Waals surface area contributed by atoms with E-state index in [1.54, 1.807) is 6.07 Å². The molecule has 1 aliphatic rings. The van der Waals surface area contributed by atoms with Gasteiger partial charge in [0.1, 0.15) is 0 Å². The van der Waals surface area contributed by atoms with Crippen LogP contribution in [-0.2, 0) is 17.6 Å². The Labute approximate surface area is 79.0 Å². The van der Waals surface area contributed by atoms with Crippen LogP contribution in [0.5, 0.6) is 0 Å². The van der Waals surface area contributed by atoms with Gasteiger partial charge in [0.05, 0.1) is 4.88 Å². The van der Waals surface area contributed by atoms with Crippen molar-refractivity contribution >= 4 is 23.1 Å². The van der Waals surface area contributed by atoms with Gasteiger partial charge < -0.3 is 5.11 Å². The minimum atomic E-state index is -1.36. The van der Waals surface area contributed by atoms with Crippen molar-refractivity contribution in [2.75, 3.05) is 0 Å². The molecule has 0 atom stereocenters. The van der Waals surface area contributed by atoms with Gasteiger partial charge >= 0.3 is 5.97 Å². The standard InChI is InChI=1S/C9H8O3S/c10-8(9(11)12)7-4-5-2-1-3-6(5)13-7/h4H,1-3H2,(H,11,12). The highest BCUT2D eigenvalue weighted by Gasteiger charge is 2.21. The highest BCUT2D eigenvalue weighted by atomic mass is 32.1. The average molecular weight is 196 g/mol. The molecule has 0 bridgehead atoms. The molecule has 0 saturated carbocycles. The first kappa shape index (κ1) is 8.44. The molecule has 0 fully saturated rings. The molecule has 1 aliphatic carbocycles. The molecule has 68 valence electrons. The second-order valence-electron chi connectivity index (χ2n) is 3.05.